The molecule has 0 saturated heterocycles. The number of nitrogens with one attached hydrogen (secondary N) is 1. The lowest BCUT2D eigenvalue weighted by atomic mass is 10.1. The van der Waals surface area contributed by atoms with Crippen molar-refractivity contribution in [1.29, 1.82) is 0 Å². The van der Waals surface area contributed by atoms with Gasteiger partial charge in [-0.3, -0.25) is 9.10 Å². The maximum atomic E-state index is 12.8. The number of carbonyl (C=O) groups is 1. The van der Waals surface area contributed by atoms with Gasteiger partial charge in [-0.2, -0.15) is 0 Å². The van der Waals surface area contributed by atoms with Crippen molar-refractivity contribution in [3.8, 4) is 0 Å². The summed E-state index contributed by atoms with van der Waals surface area (Å²) in [6.45, 7) is 4.38. The lowest BCUT2D eigenvalue weighted by Gasteiger charge is -2.19. The molecule has 0 aliphatic carbocycles. The van der Waals surface area contributed by atoms with Crippen molar-refractivity contribution in [1.82, 2.24) is 5.32 Å². The molecule has 1 N–H and O–H groups in total. The van der Waals surface area contributed by atoms with Crippen molar-refractivity contribution in [2.45, 2.75) is 50.5 Å². The minimum absolute atomic E-state index is 0.0201. The molecule has 3 rings (SSSR count). The van der Waals surface area contributed by atoms with Crippen LogP contribution in [0, 0.1) is 0 Å². The summed E-state index contributed by atoms with van der Waals surface area (Å²) in [6.07, 6.45) is 2.79. The summed E-state index contributed by atoms with van der Waals surface area (Å²) in [5.74, 6) is -0.0201. The number of amides is 1. The summed E-state index contributed by atoms with van der Waals surface area (Å²) >= 11 is 0. The molecule has 1 aliphatic heterocycles. The van der Waals surface area contributed by atoms with E-state index in [4.69, 9.17) is 0 Å². The van der Waals surface area contributed by atoms with Gasteiger partial charge in [0.05, 0.1) is 10.6 Å². The molecule has 134 valence electrons. The van der Waals surface area contributed by atoms with Gasteiger partial charge in [-0.1, -0.05) is 37.6 Å². The first-order chi connectivity index (χ1) is 11.9. The van der Waals surface area contributed by atoms with Crippen LogP contribution in [-0.2, 0) is 14.8 Å². The Morgan fingerprint density at radius 3 is 2.64 bits per heavy atom. The van der Waals surface area contributed by atoms with Gasteiger partial charge in [-0.25, -0.2) is 8.42 Å². The normalized spacial score (nSPS) is 16.2. The minimum atomic E-state index is -3.53. The Labute approximate surface area is 149 Å². The van der Waals surface area contributed by atoms with Crippen LogP contribution < -0.4 is 9.62 Å². The molecular formula is C19H24N2O3S. The molecule has 0 bridgehead atoms. The molecule has 0 spiro atoms. The second-order valence-electron chi connectivity index (χ2n) is 6.57. The summed E-state index contributed by atoms with van der Waals surface area (Å²) in [7, 11) is -3.53. The van der Waals surface area contributed by atoms with Crippen molar-refractivity contribution in [3.63, 3.8) is 0 Å². The quantitative estimate of drug-likeness (QED) is 0.822. The molecule has 5 nitrogen and oxygen atoms in total. The van der Waals surface area contributed by atoms with E-state index < -0.39 is 10.0 Å². The van der Waals surface area contributed by atoms with E-state index in [0.717, 1.165) is 23.6 Å². The molecule has 1 aliphatic rings. The van der Waals surface area contributed by atoms with E-state index in [2.05, 4.69) is 12.2 Å². The Balaban J connectivity index is 1.70. The van der Waals surface area contributed by atoms with Gasteiger partial charge in [0.15, 0.2) is 0 Å². The predicted octanol–water partition coefficient (Wildman–Crippen LogP) is 3.43. The van der Waals surface area contributed by atoms with E-state index in [1.807, 2.05) is 31.2 Å². The first kappa shape index (κ1) is 17.7. The van der Waals surface area contributed by atoms with Crippen LogP contribution in [0.3, 0.4) is 0 Å². The summed E-state index contributed by atoms with van der Waals surface area (Å²) < 4.78 is 27.1. The molecule has 2 aromatic carbocycles. The van der Waals surface area contributed by atoms with Crippen LogP contribution in [0.15, 0.2) is 41.3 Å². The second-order valence-corrected chi connectivity index (χ2v) is 8.40. The fourth-order valence-corrected chi connectivity index (χ4v) is 5.18. The maximum Gasteiger partial charge on any atom is 0.265 e. The Morgan fingerprint density at radius 2 is 1.92 bits per heavy atom. The predicted molar refractivity (Wildman–Crippen MR) is 100 cm³/mol. The average molecular weight is 360 g/mol. The standard InChI is InChI=1S/C19H24N2O3S/c1-3-7-14(2)20-18(22)12-6-13-21-16-10-4-8-15-9-5-11-17(19(15)16)25(21,23)24/h4-5,8-11,14H,3,6-7,12-13H2,1-2H3,(H,20,22)/t14-/m1/s1. The van der Waals surface area contributed by atoms with E-state index in [1.165, 1.54) is 4.31 Å². The van der Waals surface area contributed by atoms with Gasteiger partial charge in [-0.05, 0) is 37.3 Å². The molecule has 6 heteroatoms. The summed E-state index contributed by atoms with van der Waals surface area (Å²) in [4.78, 5) is 12.4. The lowest BCUT2D eigenvalue weighted by molar-refractivity contribution is -0.121. The SMILES string of the molecule is CCC[C@@H](C)NC(=O)CCCN1c2cccc3cccc(c23)S1(=O)=O. The molecule has 1 amide bonds. The van der Waals surface area contributed by atoms with E-state index in [9.17, 15) is 13.2 Å². The summed E-state index contributed by atoms with van der Waals surface area (Å²) in [5, 5.41) is 4.66. The number of rotatable bonds is 7. The van der Waals surface area contributed by atoms with Crippen molar-refractivity contribution in [3.05, 3.63) is 36.4 Å². The summed E-state index contributed by atoms with van der Waals surface area (Å²) in [6, 6.07) is 11.1. The lowest BCUT2D eigenvalue weighted by Crippen LogP contribution is -2.33. The smallest absolute Gasteiger partial charge is 0.265 e. The molecule has 0 fully saturated rings. The van der Waals surface area contributed by atoms with E-state index in [-0.39, 0.29) is 11.9 Å². The second kappa shape index (κ2) is 7.04. The third kappa shape index (κ3) is 3.35. The molecule has 0 radical (unpaired) electrons. The number of hydrogen-bond donors (Lipinski definition) is 1. The van der Waals surface area contributed by atoms with Crippen molar-refractivity contribution in [2.75, 3.05) is 10.8 Å². The molecule has 0 saturated carbocycles. The number of sulfonamides is 1. The largest absolute Gasteiger partial charge is 0.354 e. The highest BCUT2D eigenvalue weighted by Gasteiger charge is 2.34. The third-order valence-electron chi connectivity index (χ3n) is 4.58. The van der Waals surface area contributed by atoms with Crippen LogP contribution in [-0.4, -0.2) is 26.9 Å². The number of nitrogens with zero attached hydrogens (tertiary/aromatic N) is 1. The Bertz CT molecular complexity index is 887. The number of benzene rings is 2. The molecular weight excluding hydrogens is 336 g/mol. The van der Waals surface area contributed by atoms with E-state index in [0.29, 0.717) is 30.0 Å². The van der Waals surface area contributed by atoms with Crippen LogP contribution in [0.1, 0.15) is 39.5 Å². The minimum Gasteiger partial charge on any atom is -0.354 e. The van der Waals surface area contributed by atoms with Crippen molar-refractivity contribution in [2.24, 2.45) is 0 Å². The first-order valence-electron chi connectivity index (χ1n) is 8.79. The van der Waals surface area contributed by atoms with Crippen molar-refractivity contribution >= 4 is 32.4 Å². The van der Waals surface area contributed by atoms with Crippen LogP contribution in [0.2, 0.25) is 0 Å². The zero-order valence-corrected chi connectivity index (χ0v) is 15.5. The number of hydrogen-bond acceptors (Lipinski definition) is 3. The fourth-order valence-electron chi connectivity index (χ4n) is 3.43. The van der Waals surface area contributed by atoms with Gasteiger partial charge < -0.3 is 5.32 Å². The third-order valence-corrected chi connectivity index (χ3v) is 6.43. The monoisotopic (exact) mass is 360 g/mol. The van der Waals surface area contributed by atoms with E-state index in [1.54, 1.807) is 12.1 Å². The van der Waals surface area contributed by atoms with Gasteiger partial charge in [-0.15, -0.1) is 0 Å². The Hall–Kier alpha value is -2.08. The van der Waals surface area contributed by atoms with Crippen LogP contribution in [0.5, 0.6) is 0 Å². The summed E-state index contributed by atoms with van der Waals surface area (Å²) in [5.41, 5.74) is 0.716. The van der Waals surface area contributed by atoms with Crippen LogP contribution in [0.25, 0.3) is 10.8 Å². The molecule has 2 aromatic rings. The topological polar surface area (TPSA) is 66.5 Å². The molecule has 0 aromatic heterocycles. The molecule has 25 heavy (non-hydrogen) atoms. The van der Waals surface area contributed by atoms with Gasteiger partial charge in [0, 0.05) is 24.4 Å². The highest BCUT2D eigenvalue weighted by Crippen LogP contribution is 2.41. The van der Waals surface area contributed by atoms with Gasteiger partial charge in [0.2, 0.25) is 5.91 Å². The highest BCUT2D eigenvalue weighted by molar-refractivity contribution is 7.93. The zero-order valence-electron chi connectivity index (χ0n) is 14.7. The Morgan fingerprint density at radius 1 is 1.20 bits per heavy atom. The van der Waals surface area contributed by atoms with Gasteiger partial charge >= 0.3 is 0 Å². The van der Waals surface area contributed by atoms with Crippen LogP contribution in [0.4, 0.5) is 5.69 Å². The van der Waals surface area contributed by atoms with Gasteiger partial charge in [0.25, 0.3) is 10.0 Å². The zero-order chi connectivity index (χ0) is 18.0. The number of carbonyl (C=O) groups excluding carboxylic acids is 1. The molecule has 1 heterocycles. The fraction of sp³-hybridized carbons (Fsp3) is 0.421. The highest BCUT2D eigenvalue weighted by atomic mass is 32.2. The van der Waals surface area contributed by atoms with Crippen LogP contribution >= 0.6 is 0 Å². The maximum absolute atomic E-state index is 12.8. The van der Waals surface area contributed by atoms with Crippen molar-refractivity contribution < 1.29 is 13.2 Å². The first-order valence-corrected chi connectivity index (χ1v) is 10.2. The number of anilines is 1. The van der Waals surface area contributed by atoms with E-state index >= 15 is 0 Å². The van der Waals surface area contributed by atoms with Gasteiger partial charge in [0.1, 0.15) is 0 Å². The Kier molecular flexibility index (Phi) is 4.99. The average Bonchev–Trinajstić information content (AvgIpc) is 2.78. The molecule has 0 unspecified atom stereocenters. The molecule has 1 atom stereocenters.